The van der Waals surface area contributed by atoms with Crippen LogP contribution in [0, 0.1) is 0 Å². The Hall–Kier alpha value is -7.36. The number of para-hydroxylation sites is 2. The summed E-state index contributed by atoms with van der Waals surface area (Å²) in [5, 5.41) is 6.91. The van der Waals surface area contributed by atoms with E-state index in [4.69, 9.17) is 8.83 Å². The van der Waals surface area contributed by atoms with Crippen molar-refractivity contribution < 1.29 is 8.83 Å². The van der Waals surface area contributed by atoms with Crippen molar-refractivity contribution >= 4 is 71.7 Å². The number of rotatable bonds is 6. The van der Waals surface area contributed by atoms with Crippen LogP contribution in [0.5, 0.6) is 0 Å². The largest absolute Gasteiger partial charge is 0.456 e. The van der Waals surface area contributed by atoms with Gasteiger partial charge in [-0.25, -0.2) is 0 Å². The molecule has 0 aliphatic carbocycles. The average molecular weight is 704 g/mol. The first-order chi connectivity index (χ1) is 27.2. The van der Waals surface area contributed by atoms with Gasteiger partial charge >= 0.3 is 0 Å². The zero-order valence-corrected chi connectivity index (χ0v) is 29.8. The van der Waals surface area contributed by atoms with Crippen molar-refractivity contribution in [1.29, 1.82) is 0 Å². The van der Waals surface area contributed by atoms with E-state index in [0.717, 1.165) is 83.2 Å². The molecule has 3 heteroatoms. The summed E-state index contributed by atoms with van der Waals surface area (Å²) in [5.74, 6) is 0. The van der Waals surface area contributed by atoms with Crippen molar-refractivity contribution in [2.24, 2.45) is 0 Å². The van der Waals surface area contributed by atoms with Crippen molar-refractivity contribution in [3.8, 4) is 33.4 Å². The van der Waals surface area contributed by atoms with Crippen LogP contribution in [0.2, 0.25) is 0 Å². The van der Waals surface area contributed by atoms with E-state index in [-0.39, 0.29) is 0 Å². The fourth-order valence-corrected chi connectivity index (χ4v) is 8.17. The van der Waals surface area contributed by atoms with Gasteiger partial charge in [0.05, 0.1) is 5.69 Å². The Labute approximate surface area is 317 Å². The van der Waals surface area contributed by atoms with Crippen LogP contribution in [-0.2, 0) is 0 Å². The summed E-state index contributed by atoms with van der Waals surface area (Å²) in [6, 6.07) is 70.9. The second-order valence-electron chi connectivity index (χ2n) is 14.1. The third kappa shape index (κ3) is 5.28. The summed E-state index contributed by atoms with van der Waals surface area (Å²) in [6.07, 6.45) is 0. The summed E-state index contributed by atoms with van der Waals surface area (Å²) in [5.41, 5.74) is 13.5. The van der Waals surface area contributed by atoms with E-state index in [0.29, 0.717) is 0 Å². The topological polar surface area (TPSA) is 29.5 Å². The molecule has 0 spiro atoms. The highest BCUT2D eigenvalue weighted by atomic mass is 16.3. The third-order valence-electron chi connectivity index (χ3n) is 10.9. The van der Waals surface area contributed by atoms with Gasteiger partial charge in [0.2, 0.25) is 0 Å². The van der Waals surface area contributed by atoms with Crippen LogP contribution in [0.3, 0.4) is 0 Å². The van der Waals surface area contributed by atoms with Gasteiger partial charge < -0.3 is 13.7 Å². The van der Waals surface area contributed by atoms with Crippen LogP contribution in [0.15, 0.2) is 209 Å². The molecule has 3 nitrogen and oxygen atoms in total. The lowest BCUT2D eigenvalue weighted by atomic mass is 9.98. The average Bonchev–Trinajstić information content (AvgIpc) is 3.83. The maximum atomic E-state index is 6.82. The molecule has 11 rings (SSSR count). The summed E-state index contributed by atoms with van der Waals surface area (Å²) in [6.45, 7) is 0. The van der Waals surface area contributed by atoms with Crippen LogP contribution in [0.4, 0.5) is 17.1 Å². The number of hydrogen-bond donors (Lipinski definition) is 0. The summed E-state index contributed by atoms with van der Waals surface area (Å²) < 4.78 is 13.1. The number of benzene rings is 9. The first-order valence-corrected chi connectivity index (χ1v) is 18.7. The van der Waals surface area contributed by atoms with Crippen LogP contribution in [0.1, 0.15) is 0 Å². The van der Waals surface area contributed by atoms with Crippen LogP contribution in [-0.4, -0.2) is 0 Å². The molecule has 0 radical (unpaired) electrons. The Morgan fingerprint density at radius 2 is 0.945 bits per heavy atom. The number of nitrogens with zero attached hydrogens (tertiary/aromatic N) is 1. The SMILES string of the molecule is c1ccc(-c2ccc3c(c2)oc2c(N(c4ccc(-c5ccc6ccccc6c5)cc4)c4ccc(-c5cccc6oc7ccccc7c56)cc4)cccc23)cc1. The highest BCUT2D eigenvalue weighted by Crippen LogP contribution is 2.44. The van der Waals surface area contributed by atoms with Gasteiger partial charge in [-0.05, 0) is 105 Å². The van der Waals surface area contributed by atoms with Crippen molar-refractivity contribution in [3.63, 3.8) is 0 Å². The smallest absolute Gasteiger partial charge is 0.159 e. The molecule has 0 aliphatic rings. The molecule has 2 heterocycles. The molecule has 0 atom stereocenters. The van der Waals surface area contributed by atoms with Gasteiger partial charge in [-0.3, -0.25) is 0 Å². The quantitative estimate of drug-likeness (QED) is 0.173. The maximum absolute atomic E-state index is 6.82. The molecule has 0 aliphatic heterocycles. The predicted molar refractivity (Wildman–Crippen MR) is 229 cm³/mol. The molecule has 0 unspecified atom stereocenters. The van der Waals surface area contributed by atoms with E-state index in [1.54, 1.807) is 0 Å². The maximum Gasteiger partial charge on any atom is 0.159 e. The molecular weight excluding hydrogens is 671 g/mol. The molecule has 0 fully saturated rings. The van der Waals surface area contributed by atoms with E-state index in [2.05, 4.69) is 181 Å². The summed E-state index contributed by atoms with van der Waals surface area (Å²) >= 11 is 0. The molecule has 55 heavy (non-hydrogen) atoms. The molecular formula is C52H33NO2. The minimum absolute atomic E-state index is 0.847. The second kappa shape index (κ2) is 12.6. The van der Waals surface area contributed by atoms with Crippen molar-refractivity contribution in [2.45, 2.75) is 0 Å². The third-order valence-corrected chi connectivity index (χ3v) is 10.9. The van der Waals surface area contributed by atoms with Gasteiger partial charge in [0.25, 0.3) is 0 Å². The molecule has 0 saturated heterocycles. The van der Waals surface area contributed by atoms with Gasteiger partial charge in [0.15, 0.2) is 5.58 Å². The molecule has 11 aromatic rings. The molecule has 0 bridgehead atoms. The number of furan rings is 2. The van der Waals surface area contributed by atoms with Gasteiger partial charge in [-0.1, -0.05) is 140 Å². The normalized spacial score (nSPS) is 11.6. The van der Waals surface area contributed by atoms with E-state index in [1.165, 1.54) is 21.9 Å². The molecule has 0 amide bonds. The van der Waals surface area contributed by atoms with Crippen molar-refractivity contribution in [3.05, 3.63) is 200 Å². The molecule has 2 aromatic heterocycles. The van der Waals surface area contributed by atoms with E-state index >= 15 is 0 Å². The van der Waals surface area contributed by atoms with Crippen molar-refractivity contribution in [2.75, 3.05) is 4.90 Å². The van der Waals surface area contributed by atoms with Crippen LogP contribution >= 0.6 is 0 Å². The summed E-state index contributed by atoms with van der Waals surface area (Å²) in [4.78, 5) is 2.31. The lowest BCUT2D eigenvalue weighted by molar-refractivity contribution is 0.668. The Bertz CT molecular complexity index is 3190. The van der Waals surface area contributed by atoms with Crippen LogP contribution in [0.25, 0.3) is 88.0 Å². The Morgan fingerprint density at radius 1 is 0.327 bits per heavy atom. The Morgan fingerprint density at radius 3 is 1.78 bits per heavy atom. The number of anilines is 3. The van der Waals surface area contributed by atoms with Gasteiger partial charge in [0.1, 0.15) is 16.7 Å². The molecule has 0 saturated carbocycles. The standard InChI is InChI=1S/C52H33NO2/c1-2-10-34(11-3-1)40-26-31-44-45-16-8-17-47(52(45)55-50(44)33-40)53(41-27-22-36(23-28-41)39-21-20-35-12-4-5-13-38(35)32-39)42-29-24-37(25-30-42)43-15-9-19-49-51(43)46-14-6-7-18-48(46)54-49/h1-33H. The lowest BCUT2D eigenvalue weighted by Gasteiger charge is -2.26. The van der Waals surface area contributed by atoms with Gasteiger partial charge in [-0.2, -0.15) is 0 Å². The number of fused-ring (bicyclic) bond motifs is 7. The second-order valence-corrected chi connectivity index (χ2v) is 14.1. The zero-order chi connectivity index (χ0) is 36.3. The minimum atomic E-state index is 0.847. The fraction of sp³-hybridized carbons (Fsp3) is 0. The van der Waals surface area contributed by atoms with E-state index in [9.17, 15) is 0 Å². The van der Waals surface area contributed by atoms with Gasteiger partial charge in [0, 0.05) is 32.9 Å². The molecule has 9 aromatic carbocycles. The van der Waals surface area contributed by atoms with E-state index in [1.807, 2.05) is 24.3 Å². The highest BCUT2D eigenvalue weighted by Gasteiger charge is 2.21. The first-order valence-electron chi connectivity index (χ1n) is 18.7. The van der Waals surface area contributed by atoms with Crippen LogP contribution < -0.4 is 4.90 Å². The first kappa shape index (κ1) is 31.2. The molecule has 258 valence electrons. The number of hydrogen-bond acceptors (Lipinski definition) is 3. The minimum Gasteiger partial charge on any atom is -0.456 e. The Kier molecular flexibility index (Phi) is 7.17. The highest BCUT2D eigenvalue weighted by molar-refractivity contribution is 6.13. The van der Waals surface area contributed by atoms with Crippen molar-refractivity contribution in [1.82, 2.24) is 0 Å². The fourth-order valence-electron chi connectivity index (χ4n) is 8.17. The Balaban J connectivity index is 1.06. The van der Waals surface area contributed by atoms with E-state index < -0.39 is 0 Å². The predicted octanol–water partition coefficient (Wildman–Crippen LogP) is 15.1. The summed E-state index contributed by atoms with van der Waals surface area (Å²) in [7, 11) is 0. The monoisotopic (exact) mass is 703 g/mol. The van der Waals surface area contributed by atoms with Gasteiger partial charge in [-0.15, -0.1) is 0 Å². The molecule has 0 N–H and O–H groups in total. The lowest BCUT2D eigenvalue weighted by Crippen LogP contribution is -2.10. The zero-order valence-electron chi connectivity index (χ0n) is 29.8.